The van der Waals surface area contributed by atoms with Crippen LogP contribution in [0.1, 0.15) is 5.56 Å². The third-order valence-corrected chi connectivity index (χ3v) is 2.11. The van der Waals surface area contributed by atoms with Crippen molar-refractivity contribution < 1.29 is 9.47 Å². The zero-order chi connectivity index (χ0) is 11.1. The van der Waals surface area contributed by atoms with Crippen molar-refractivity contribution in [2.45, 2.75) is 6.42 Å². The molecule has 0 unspecified atom stereocenters. The third kappa shape index (κ3) is 4.81. The van der Waals surface area contributed by atoms with Gasteiger partial charge in [0.15, 0.2) is 6.79 Å². The molecule has 15 heavy (non-hydrogen) atoms. The summed E-state index contributed by atoms with van der Waals surface area (Å²) in [4.78, 5) is 2.18. The van der Waals surface area contributed by atoms with Crippen LogP contribution >= 0.6 is 0 Å². The highest BCUT2D eigenvalue weighted by molar-refractivity contribution is 5.27. The van der Waals surface area contributed by atoms with Gasteiger partial charge < -0.3 is 14.4 Å². The maximum absolute atomic E-state index is 5.30. The molecular weight excluding hydrogens is 190 g/mol. The fourth-order valence-electron chi connectivity index (χ4n) is 1.23. The SMILES string of the molecule is COCOc1ccc(CCN(C)C)cc1. The van der Waals surface area contributed by atoms with E-state index in [2.05, 4.69) is 31.1 Å². The van der Waals surface area contributed by atoms with Crippen molar-refractivity contribution in [1.82, 2.24) is 4.90 Å². The van der Waals surface area contributed by atoms with E-state index in [9.17, 15) is 0 Å². The lowest BCUT2D eigenvalue weighted by Gasteiger charge is -2.09. The Labute approximate surface area is 91.6 Å². The highest BCUT2D eigenvalue weighted by Gasteiger charge is 1.96. The van der Waals surface area contributed by atoms with E-state index < -0.39 is 0 Å². The number of hydrogen-bond donors (Lipinski definition) is 0. The molecule has 0 aliphatic heterocycles. The van der Waals surface area contributed by atoms with Crippen LogP contribution in [-0.2, 0) is 11.2 Å². The van der Waals surface area contributed by atoms with Crippen LogP contribution in [0.5, 0.6) is 5.75 Å². The van der Waals surface area contributed by atoms with Gasteiger partial charge in [-0.15, -0.1) is 0 Å². The number of nitrogens with zero attached hydrogens (tertiary/aromatic N) is 1. The molecule has 84 valence electrons. The summed E-state index contributed by atoms with van der Waals surface area (Å²) in [6, 6.07) is 8.14. The molecule has 0 heterocycles. The number of rotatable bonds is 6. The number of methoxy groups -OCH3 is 1. The van der Waals surface area contributed by atoms with Crippen LogP contribution in [0.25, 0.3) is 0 Å². The van der Waals surface area contributed by atoms with Crippen LogP contribution in [0.15, 0.2) is 24.3 Å². The molecule has 1 rings (SSSR count). The summed E-state index contributed by atoms with van der Waals surface area (Å²) in [6.07, 6.45) is 1.07. The van der Waals surface area contributed by atoms with Gasteiger partial charge in [-0.1, -0.05) is 12.1 Å². The molecule has 3 heteroatoms. The normalized spacial score (nSPS) is 10.7. The van der Waals surface area contributed by atoms with Gasteiger partial charge in [-0.2, -0.15) is 0 Å². The molecule has 0 fully saturated rings. The van der Waals surface area contributed by atoms with Crippen LogP contribution in [-0.4, -0.2) is 39.4 Å². The van der Waals surface area contributed by atoms with Crippen LogP contribution in [0.3, 0.4) is 0 Å². The fraction of sp³-hybridized carbons (Fsp3) is 0.500. The van der Waals surface area contributed by atoms with E-state index in [-0.39, 0.29) is 0 Å². The van der Waals surface area contributed by atoms with E-state index in [0.29, 0.717) is 6.79 Å². The van der Waals surface area contributed by atoms with Crippen molar-refractivity contribution in [2.24, 2.45) is 0 Å². The second-order valence-corrected chi connectivity index (χ2v) is 3.75. The maximum Gasteiger partial charge on any atom is 0.188 e. The molecule has 0 bridgehead atoms. The van der Waals surface area contributed by atoms with Crippen molar-refractivity contribution in [3.8, 4) is 5.75 Å². The first-order chi connectivity index (χ1) is 7.22. The molecule has 0 amide bonds. The average Bonchev–Trinajstić information content (AvgIpc) is 2.25. The lowest BCUT2D eigenvalue weighted by Crippen LogP contribution is -2.14. The Hall–Kier alpha value is -1.06. The van der Waals surface area contributed by atoms with Gasteiger partial charge >= 0.3 is 0 Å². The van der Waals surface area contributed by atoms with Gasteiger partial charge in [-0.25, -0.2) is 0 Å². The van der Waals surface area contributed by atoms with Crippen molar-refractivity contribution in [3.05, 3.63) is 29.8 Å². The fourth-order valence-corrected chi connectivity index (χ4v) is 1.23. The quantitative estimate of drug-likeness (QED) is 0.666. The minimum atomic E-state index is 0.303. The Balaban J connectivity index is 2.41. The molecule has 0 radical (unpaired) electrons. The first-order valence-corrected chi connectivity index (χ1v) is 5.08. The van der Waals surface area contributed by atoms with Crippen LogP contribution in [0, 0.1) is 0 Å². The van der Waals surface area contributed by atoms with Crippen LogP contribution in [0.2, 0.25) is 0 Å². The van der Waals surface area contributed by atoms with Crippen molar-refractivity contribution in [1.29, 1.82) is 0 Å². The van der Waals surface area contributed by atoms with Gasteiger partial charge in [0.05, 0.1) is 0 Å². The summed E-state index contributed by atoms with van der Waals surface area (Å²) in [5, 5.41) is 0. The Morgan fingerprint density at radius 2 is 1.80 bits per heavy atom. The van der Waals surface area contributed by atoms with Crippen molar-refractivity contribution in [2.75, 3.05) is 34.5 Å². The molecule has 0 saturated carbocycles. The number of benzene rings is 1. The number of likely N-dealkylation sites (N-methyl/N-ethyl adjacent to an activating group) is 1. The molecule has 1 aromatic rings. The Bertz CT molecular complexity index is 269. The minimum Gasteiger partial charge on any atom is -0.468 e. The van der Waals surface area contributed by atoms with Gasteiger partial charge in [0, 0.05) is 13.7 Å². The smallest absolute Gasteiger partial charge is 0.188 e. The Morgan fingerprint density at radius 3 is 2.33 bits per heavy atom. The maximum atomic E-state index is 5.30. The Morgan fingerprint density at radius 1 is 1.13 bits per heavy atom. The summed E-state index contributed by atoms with van der Waals surface area (Å²) in [5.41, 5.74) is 1.33. The van der Waals surface area contributed by atoms with Crippen LogP contribution in [0.4, 0.5) is 0 Å². The molecule has 0 spiro atoms. The average molecular weight is 209 g/mol. The van der Waals surface area contributed by atoms with E-state index >= 15 is 0 Å². The van der Waals surface area contributed by atoms with Gasteiger partial charge in [0.2, 0.25) is 0 Å². The minimum absolute atomic E-state index is 0.303. The lowest BCUT2D eigenvalue weighted by molar-refractivity contribution is 0.0511. The van der Waals surface area contributed by atoms with Gasteiger partial charge in [-0.3, -0.25) is 0 Å². The molecule has 0 aliphatic carbocycles. The highest BCUT2D eigenvalue weighted by Crippen LogP contribution is 2.12. The molecule has 0 aromatic heterocycles. The highest BCUT2D eigenvalue weighted by atomic mass is 16.7. The van der Waals surface area contributed by atoms with Crippen LogP contribution < -0.4 is 4.74 Å². The largest absolute Gasteiger partial charge is 0.468 e. The first-order valence-electron chi connectivity index (χ1n) is 5.08. The summed E-state index contributed by atoms with van der Waals surface area (Å²) in [5.74, 6) is 0.852. The van der Waals surface area contributed by atoms with E-state index in [0.717, 1.165) is 18.7 Å². The van der Waals surface area contributed by atoms with E-state index in [1.807, 2.05) is 12.1 Å². The van der Waals surface area contributed by atoms with E-state index in [1.165, 1.54) is 5.56 Å². The van der Waals surface area contributed by atoms with Gasteiger partial charge in [0.25, 0.3) is 0 Å². The zero-order valence-electron chi connectivity index (χ0n) is 9.69. The summed E-state index contributed by atoms with van der Waals surface area (Å²) >= 11 is 0. The molecule has 0 aliphatic rings. The standard InChI is InChI=1S/C12H19NO2/c1-13(2)9-8-11-4-6-12(7-5-11)15-10-14-3/h4-7H,8-10H2,1-3H3. The predicted octanol–water partition coefficient (Wildman–Crippen LogP) is 1.77. The summed E-state index contributed by atoms with van der Waals surface area (Å²) in [7, 11) is 5.78. The topological polar surface area (TPSA) is 21.7 Å². The summed E-state index contributed by atoms with van der Waals surface area (Å²) in [6.45, 7) is 1.37. The second kappa shape index (κ2) is 6.43. The lowest BCUT2D eigenvalue weighted by atomic mass is 10.1. The number of ether oxygens (including phenoxy) is 2. The summed E-state index contributed by atoms with van der Waals surface area (Å²) < 4.78 is 10.1. The monoisotopic (exact) mass is 209 g/mol. The second-order valence-electron chi connectivity index (χ2n) is 3.75. The molecule has 0 N–H and O–H groups in total. The molecule has 0 atom stereocenters. The van der Waals surface area contributed by atoms with Crippen molar-refractivity contribution >= 4 is 0 Å². The van der Waals surface area contributed by atoms with Crippen molar-refractivity contribution in [3.63, 3.8) is 0 Å². The molecule has 0 saturated heterocycles. The van der Waals surface area contributed by atoms with Gasteiger partial charge in [0.1, 0.15) is 5.75 Å². The first kappa shape index (κ1) is 12.0. The predicted molar refractivity (Wildman–Crippen MR) is 61.2 cm³/mol. The van der Waals surface area contributed by atoms with E-state index in [4.69, 9.17) is 9.47 Å². The third-order valence-electron chi connectivity index (χ3n) is 2.11. The van der Waals surface area contributed by atoms with E-state index in [1.54, 1.807) is 7.11 Å². The molecular formula is C12H19NO2. The molecule has 1 aromatic carbocycles. The zero-order valence-corrected chi connectivity index (χ0v) is 9.69. The number of hydrogen-bond acceptors (Lipinski definition) is 3. The Kier molecular flexibility index (Phi) is 5.15. The molecule has 3 nitrogen and oxygen atoms in total. The van der Waals surface area contributed by atoms with Gasteiger partial charge in [-0.05, 0) is 38.2 Å².